The van der Waals surface area contributed by atoms with Gasteiger partial charge in [0, 0.05) is 0 Å². The Labute approximate surface area is 61.5 Å². The molecule has 0 aromatic carbocycles. The first-order valence-corrected chi connectivity index (χ1v) is 5.37. The SMILES string of the molecule is NCC[C@H]1CCS(=O)(=O)C1. The zero-order valence-electron chi connectivity index (χ0n) is 5.91. The lowest BCUT2D eigenvalue weighted by molar-refractivity contribution is 0.550. The van der Waals surface area contributed by atoms with Crippen LogP contribution in [0.15, 0.2) is 0 Å². The first kappa shape index (κ1) is 8.01. The minimum atomic E-state index is -2.67. The maximum atomic E-state index is 10.9. The third kappa shape index (κ3) is 1.95. The van der Waals surface area contributed by atoms with Crippen molar-refractivity contribution < 1.29 is 8.42 Å². The van der Waals surface area contributed by atoms with E-state index in [-0.39, 0.29) is 0 Å². The van der Waals surface area contributed by atoms with Gasteiger partial charge >= 0.3 is 0 Å². The summed E-state index contributed by atoms with van der Waals surface area (Å²) in [5.74, 6) is 1.08. The van der Waals surface area contributed by atoms with Gasteiger partial charge in [0.1, 0.15) is 0 Å². The average Bonchev–Trinajstić information content (AvgIpc) is 2.12. The van der Waals surface area contributed by atoms with Crippen LogP contribution in [0.3, 0.4) is 0 Å². The second kappa shape index (κ2) is 2.88. The van der Waals surface area contributed by atoms with E-state index in [1.807, 2.05) is 0 Å². The monoisotopic (exact) mass is 163 g/mol. The molecule has 10 heavy (non-hydrogen) atoms. The molecule has 1 aliphatic rings. The van der Waals surface area contributed by atoms with E-state index < -0.39 is 9.84 Å². The van der Waals surface area contributed by atoms with Crippen LogP contribution in [0.2, 0.25) is 0 Å². The van der Waals surface area contributed by atoms with Crippen molar-refractivity contribution in [2.45, 2.75) is 12.8 Å². The first-order chi connectivity index (χ1) is 4.64. The van der Waals surface area contributed by atoms with Crippen LogP contribution < -0.4 is 5.73 Å². The summed E-state index contributed by atoms with van der Waals surface area (Å²) in [6.07, 6.45) is 1.68. The molecule has 0 aliphatic carbocycles. The Balaban J connectivity index is 2.44. The van der Waals surface area contributed by atoms with Crippen molar-refractivity contribution in [3.05, 3.63) is 0 Å². The predicted octanol–water partition coefficient (Wildman–Crippen LogP) is -0.230. The van der Waals surface area contributed by atoms with Crippen molar-refractivity contribution in [2.75, 3.05) is 18.1 Å². The number of hydrogen-bond donors (Lipinski definition) is 1. The highest BCUT2D eigenvalue weighted by atomic mass is 32.2. The van der Waals surface area contributed by atoms with Gasteiger partial charge in [0.15, 0.2) is 9.84 Å². The first-order valence-electron chi connectivity index (χ1n) is 3.54. The Bertz CT molecular complexity index is 198. The highest BCUT2D eigenvalue weighted by Gasteiger charge is 2.26. The van der Waals surface area contributed by atoms with E-state index in [9.17, 15) is 8.42 Å². The van der Waals surface area contributed by atoms with Gasteiger partial charge in [-0.05, 0) is 25.3 Å². The molecule has 0 aromatic heterocycles. The van der Waals surface area contributed by atoms with Crippen molar-refractivity contribution in [1.82, 2.24) is 0 Å². The van der Waals surface area contributed by atoms with Gasteiger partial charge in [-0.3, -0.25) is 0 Å². The van der Waals surface area contributed by atoms with E-state index >= 15 is 0 Å². The molecular weight excluding hydrogens is 150 g/mol. The van der Waals surface area contributed by atoms with Crippen LogP contribution in [-0.2, 0) is 9.84 Å². The van der Waals surface area contributed by atoms with Gasteiger partial charge in [-0.2, -0.15) is 0 Å². The smallest absolute Gasteiger partial charge is 0.150 e. The molecule has 4 heteroatoms. The Kier molecular flexibility index (Phi) is 2.31. The van der Waals surface area contributed by atoms with Crippen molar-refractivity contribution >= 4 is 9.84 Å². The Morgan fingerprint density at radius 2 is 2.20 bits per heavy atom. The fraction of sp³-hybridized carbons (Fsp3) is 1.00. The predicted molar refractivity (Wildman–Crippen MR) is 40.4 cm³/mol. The molecule has 0 saturated carbocycles. The summed E-state index contributed by atoms with van der Waals surface area (Å²) in [6, 6.07) is 0. The van der Waals surface area contributed by atoms with Crippen LogP contribution >= 0.6 is 0 Å². The molecule has 1 aliphatic heterocycles. The van der Waals surface area contributed by atoms with Crippen LogP contribution in [0.4, 0.5) is 0 Å². The summed E-state index contributed by atoms with van der Waals surface area (Å²) >= 11 is 0. The molecule has 1 fully saturated rings. The zero-order valence-corrected chi connectivity index (χ0v) is 6.73. The van der Waals surface area contributed by atoms with Crippen LogP contribution in [0, 0.1) is 5.92 Å². The molecule has 0 aromatic rings. The van der Waals surface area contributed by atoms with E-state index in [0.717, 1.165) is 12.8 Å². The summed E-state index contributed by atoms with van der Waals surface area (Å²) in [7, 11) is -2.67. The number of nitrogens with two attached hydrogens (primary N) is 1. The lowest BCUT2D eigenvalue weighted by Crippen LogP contribution is -2.10. The van der Waals surface area contributed by atoms with E-state index in [4.69, 9.17) is 5.73 Å². The molecule has 60 valence electrons. The fourth-order valence-corrected chi connectivity index (χ4v) is 3.25. The van der Waals surface area contributed by atoms with Crippen LogP contribution in [-0.4, -0.2) is 26.5 Å². The van der Waals surface area contributed by atoms with Crippen molar-refractivity contribution in [3.8, 4) is 0 Å². The fourth-order valence-electron chi connectivity index (χ4n) is 1.34. The van der Waals surface area contributed by atoms with Gasteiger partial charge in [-0.25, -0.2) is 8.42 Å². The van der Waals surface area contributed by atoms with E-state index in [2.05, 4.69) is 0 Å². The number of rotatable bonds is 2. The quantitative estimate of drug-likeness (QED) is 0.611. The van der Waals surface area contributed by atoms with Crippen LogP contribution in [0.25, 0.3) is 0 Å². The summed E-state index contributed by atoms with van der Waals surface area (Å²) in [6.45, 7) is 0.611. The molecule has 1 atom stereocenters. The molecule has 2 N–H and O–H groups in total. The Morgan fingerprint density at radius 3 is 2.60 bits per heavy atom. The van der Waals surface area contributed by atoms with Crippen LogP contribution in [0.5, 0.6) is 0 Å². The van der Waals surface area contributed by atoms with Gasteiger partial charge in [-0.1, -0.05) is 0 Å². The lowest BCUT2D eigenvalue weighted by atomic mass is 10.1. The minimum absolute atomic E-state index is 0.343. The molecule has 1 saturated heterocycles. The van der Waals surface area contributed by atoms with Crippen LogP contribution in [0.1, 0.15) is 12.8 Å². The summed E-state index contributed by atoms with van der Waals surface area (Å²) < 4.78 is 21.7. The third-order valence-corrected chi connectivity index (χ3v) is 3.74. The van der Waals surface area contributed by atoms with Gasteiger partial charge in [0.2, 0.25) is 0 Å². The van der Waals surface area contributed by atoms with Crippen molar-refractivity contribution in [3.63, 3.8) is 0 Å². The van der Waals surface area contributed by atoms with E-state index in [1.165, 1.54) is 0 Å². The van der Waals surface area contributed by atoms with Crippen molar-refractivity contribution in [1.29, 1.82) is 0 Å². The molecule has 0 radical (unpaired) electrons. The minimum Gasteiger partial charge on any atom is -0.330 e. The maximum Gasteiger partial charge on any atom is 0.150 e. The Morgan fingerprint density at radius 1 is 1.50 bits per heavy atom. The average molecular weight is 163 g/mol. The zero-order chi connectivity index (χ0) is 7.61. The maximum absolute atomic E-state index is 10.9. The lowest BCUT2D eigenvalue weighted by Gasteiger charge is -2.01. The van der Waals surface area contributed by atoms with Gasteiger partial charge in [-0.15, -0.1) is 0 Å². The molecule has 0 spiro atoms. The molecule has 1 heterocycles. The topological polar surface area (TPSA) is 60.2 Å². The molecular formula is C6H13NO2S. The standard InChI is InChI=1S/C6H13NO2S/c7-3-1-6-2-4-10(8,9)5-6/h6H,1-5,7H2/t6-/m0/s1. The molecule has 3 nitrogen and oxygen atoms in total. The molecule has 0 amide bonds. The number of hydrogen-bond acceptors (Lipinski definition) is 3. The van der Waals surface area contributed by atoms with E-state index in [0.29, 0.717) is 24.0 Å². The highest BCUT2D eigenvalue weighted by Crippen LogP contribution is 2.20. The number of sulfone groups is 1. The molecule has 1 rings (SSSR count). The summed E-state index contributed by atoms with van der Waals surface area (Å²) in [4.78, 5) is 0. The normalized spacial score (nSPS) is 30.7. The summed E-state index contributed by atoms with van der Waals surface area (Å²) in [5, 5.41) is 0. The third-order valence-electron chi connectivity index (χ3n) is 1.90. The molecule has 0 unspecified atom stereocenters. The summed E-state index contributed by atoms with van der Waals surface area (Å²) in [5.41, 5.74) is 5.30. The van der Waals surface area contributed by atoms with Crippen molar-refractivity contribution in [2.24, 2.45) is 11.7 Å². The largest absolute Gasteiger partial charge is 0.330 e. The highest BCUT2D eigenvalue weighted by molar-refractivity contribution is 7.91. The van der Waals surface area contributed by atoms with E-state index in [1.54, 1.807) is 0 Å². The molecule has 0 bridgehead atoms. The van der Waals surface area contributed by atoms with Gasteiger partial charge in [0.05, 0.1) is 11.5 Å². The Hall–Kier alpha value is -0.0900. The van der Waals surface area contributed by atoms with Gasteiger partial charge < -0.3 is 5.73 Å². The second-order valence-corrected chi connectivity index (χ2v) is 5.08. The second-order valence-electron chi connectivity index (χ2n) is 2.85. The van der Waals surface area contributed by atoms with Gasteiger partial charge in [0.25, 0.3) is 0 Å².